The van der Waals surface area contributed by atoms with Crippen molar-refractivity contribution in [3.8, 4) is 0 Å². The minimum Gasteiger partial charge on any atom is -0.436 e. The SMILES string of the molecule is NCCC1OC(=O)N(CCO)C1=O. The Bertz CT molecular complexity index is 219. The van der Waals surface area contributed by atoms with Crippen molar-refractivity contribution in [2.24, 2.45) is 5.73 Å². The minimum absolute atomic E-state index is 0.0151. The van der Waals surface area contributed by atoms with Crippen molar-refractivity contribution in [2.75, 3.05) is 19.7 Å². The smallest absolute Gasteiger partial charge is 0.417 e. The second-order valence-electron chi connectivity index (χ2n) is 2.66. The monoisotopic (exact) mass is 188 g/mol. The zero-order chi connectivity index (χ0) is 9.84. The summed E-state index contributed by atoms with van der Waals surface area (Å²) in [4.78, 5) is 23.2. The van der Waals surface area contributed by atoms with E-state index < -0.39 is 18.1 Å². The summed E-state index contributed by atoms with van der Waals surface area (Å²) in [5.41, 5.74) is 5.22. The lowest BCUT2D eigenvalue weighted by molar-refractivity contribution is -0.130. The molecule has 0 saturated carbocycles. The van der Waals surface area contributed by atoms with E-state index >= 15 is 0 Å². The highest BCUT2D eigenvalue weighted by Gasteiger charge is 2.39. The number of carbonyl (C=O) groups is 2. The van der Waals surface area contributed by atoms with E-state index in [1.807, 2.05) is 0 Å². The van der Waals surface area contributed by atoms with E-state index in [-0.39, 0.29) is 19.7 Å². The van der Waals surface area contributed by atoms with Crippen molar-refractivity contribution < 1.29 is 19.4 Å². The predicted molar refractivity (Wildman–Crippen MR) is 42.7 cm³/mol. The first kappa shape index (κ1) is 9.94. The molecule has 3 N–H and O–H groups in total. The number of imide groups is 1. The van der Waals surface area contributed by atoms with Gasteiger partial charge in [0.15, 0.2) is 6.10 Å². The molecule has 6 nitrogen and oxygen atoms in total. The van der Waals surface area contributed by atoms with Gasteiger partial charge in [0.25, 0.3) is 5.91 Å². The summed E-state index contributed by atoms with van der Waals surface area (Å²) in [6.07, 6.45) is -1.13. The molecule has 1 aliphatic rings. The van der Waals surface area contributed by atoms with Crippen molar-refractivity contribution in [1.82, 2.24) is 4.90 Å². The highest BCUT2D eigenvalue weighted by atomic mass is 16.6. The molecule has 1 fully saturated rings. The normalized spacial score (nSPS) is 22.3. The standard InChI is InChI=1S/C7H12N2O4/c8-2-1-5-6(11)9(3-4-10)7(12)13-5/h5,10H,1-4,8H2. The molecule has 0 aromatic rings. The Morgan fingerprint density at radius 1 is 1.54 bits per heavy atom. The Morgan fingerprint density at radius 2 is 2.23 bits per heavy atom. The van der Waals surface area contributed by atoms with Gasteiger partial charge in [-0.1, -0.05) is 0 Å². The number of hydrogen-bond donors (Lipinski definition) is 2. The Hall–Kier alpha value is -1.14. The van der Waals surface area contributed by atoms with Crippen LogP contribution in [0.1, 0.15) is 6.42 Å². The van der Waals surface area contributed by atoms with Gasteiger partial charge in [-0.2, -0.15) is 0 Å². The fraction of sp³-hybridized carbons (Fsp3) is 0.714. The van der Waals surface area contributed by atoms with Gasteiger partial charge in [-0.3, -0.25) is 4.79 Å². The molecule has 1 aliphatic heterocycles. The maximum absolute atomic E-state index is 11.3. The second kappa shape index (κ2) is 4.20. The van der Waals surface area contributed by atoms with Crippen LogP contribution >= 0.6 is 0 Å². The molecule has 0 aromatic carbocycles. The quantitative estimate of drug-likeness (QED) is 0.570. The summed E-state index contributed by atoms with van der Waals surface area (Å²) in [5, 5.41) is 8.55. The van der Waals surface area contributed by atoms with E-state index in [4.69, 9.17) is 15.6 Å². The molecule has 1 rings (SSSR count). The van der Waals surface area contributed by atoms with Crippen LogP contribution in [0.3, 0.4) is 0 Å². The fourth-order valence-corrected chi connectivity index (χ4v) is 1.13. The first-order valence-electron chi connectivity index (χ1n) is 4.03. The first-order valence-corrected chi connectivity index (χ1v) is 4.03. The molecule has 6 heteroatoms. The number of aliphatic hydroxyl groups is 1. The van der Waals surface area contributed by atoms with Gasteiger partial charge >= 0.3 is 6.09 Å². The van der Waals surface area contributed by atoms with E-state index in [1.54, 1.807) is 0 Å². The lowest BCUT2D eigenvalue weighted by Gasteiger charge is -2.07. The molecule has 0 bridgehead atoms. The van der Waals surface area contributed by atoms with Gasteiger partial charge in [-0.05, 0) is 6.54 Å². The molecule has 2 amide bonds. The van der Waals surface area contributed by atoms with E-state index in [0.717, 1.165) is 4.90 Å². The van der Waals surface area contributed by atoms with Gasteiger partial charge < -0.3 is 15.6 Å². The van der Waals surface area contributed by atoms with E-state index in [2.05, 4.69) is 0 Å². The summed E-state index contributed by atoms with van der Waals surface area (Å²) >= 11 is 0. The molecule has 0 aliphatic carbocycles. The number of hydrogen-bond acceptors (Lipinski definition) is 5. The third-order valence-corrected chi connectivity index (χ3v) is 1.76. The van der Waals surface area contributed by atoms with Gasteiger partial charge in [-0.15, -0.1) is 0 Å². The molecule has 1 heterocycles. The molecule has 74 valence electrons. The van der Waals surface area contributed by atoms with Gasteiger partial charge in [0.2, 0.25) is 0 Å². The Balaban J connectivity index is 2.58. The first-order chi connectivity index (χ1) is 6.20. The van der Waals surface area contributed by atoms with Crippen LogP contribution in [0.2, 0.25) is 0 Å². The van der Waals surface area contributed by atoms with Crippen molar-refractivity contribution in [2.45, 2.75) is 12.5 Å². The molecule has 1 atom stereocenters. The van der Waals surface area contributed by atoms with Crippen LogP contribution in [-0.2, 0) is 9.53 Å². The molecule has 0 aromatic heterocycles. The number of nitrogens with two attached hydrogens (primary N) is 1. The van der Waals surface area contributed by atoms with Crippen LogP contribution < -0.4 is 5.73 Å². The predicted octanol–water partition coefficient (Wildman–Crippen LogP) is -1.33. The molecule has 0 spiro atoms. The number of ether oxygens (including phenoxy) is 1. The molecule has 1 unspecified atom stereocenters. The van der Waals surface area contributed by atoms with Crippen molar-refractivity contribution in [1.29, 1.82) is 0 Å². The Labute approximate surface area is 75.3 Å². The highest BCUT2D eigenvalue weighted by molar-refractivity contribution is 6.00. The number of carbonyl (C=O) groups excluding carboxylic acids is 2. The summed E-state index contributed by atoms with van der Waals surface area (Å²) in [6, 6.07) is 0. The molecule has 1 saturated heterocycles. The summed E-state index contributed by atoms with van der Waals surface area (Å²) < 4.78 is 4.73. The Kier molecular flexibility index (Phi) is 3.21. The number of cyclic esters (lactones) is 1. The zero-order valence-electron chi connectivity index (χ0n) is 7.10. The number of rotatable bonds is 4. The van der Waals surface area contributed by atoms with Crippen LogP contribution in [0.25, 0.3) is 0 Å². The summed E-state index contributed by atoms with van der Waals surface area (Å²) in [7, 11) is 0. The maximum atomic E-state index is 11.3. The topological polar surface area (TPSA) is 92.9 Å². The average Bonchev–Trinajstić information content (AvgIpc) is 2.34. The third kappa shape index (κ3) is 1.96. The van der Waals surface area contributed by atoms with Gasteiger partial charge in [0.1, 0.15) is 0 Å². The second-order valence-corrected chi connectivity index (χ2v) is 2.66. The number of nitrogens with zero attached hydrogens (tertiary/aromatic N) is 1. The van der Waals surface area contributed by atoms with Gasteiger partial charge in [0, 0.05) is 6.42 Å². The van der Waals surface area contributed by atoms with Crippen molar-refractivity contribution in [3.63, 3.8) is 0 Å². The van der Waals surface area contributed by atoms with Crippen LogP contribution in [0.4, 0.5) is 4.79 Å². The molecule has 0 radical (unpaired) electrons. The van der Waals surface area contributed by atoms with Crippen LogP contribution in [0.15, 0.2) is 0 Å². The molecular formula is C7H12N2O4. The number of β-amino-alcohol motifs (C(OH)–C–C–N with tert-alkyl or cyclic N) is 1. The average molecular weight is 188 g/mol. The lowest BCUT2D eigenvalue weighted by Crippen LogP contribution is -2.34. The van der Waals surface area contributed by atoms with Crippen molar-refractivity contribution >= 4 is 12.0 Å². The summed E-state index contributed by atoms with van der Waals surface area (Å²) in [5.74, 6) is -0.412. The van der Waals surface area contributed by atoms with Crippen LogP contribution in [-0.4, -0.2) is 47.8 Å². The van der Waals surface area contributed by atoms with Gasteiger partial charge in [0.05, 0.1) is 13.2 Å². The third-order valence-electron chi connectivity index (χ3n) is 1.76. The molecule has 13 heavy (non-hydrogen) atoms. The fourth-order valence-electron chi connectivity index (χ4n) is 1.13. The highest BCUT2D eigenvalue weighted by Crippen LogP contribution is 2.14. The Morgan fingerprint density at radius 3 is 2.77 bits per heavy atom. The van der Waals surface area contributed by atoms with Crippen molar-refractivity contribution in [3.05, 3.63) is 0 Å². The van der Waals surface area contributed by atoms with Crippen LogP contribution in [0.5, 0.6) is 0 Å². The maximum Gasteiger partial charge on any atom is 0.417 e. The molecular weight excluding hydrogens is 176 g/mol. The zero-order valence-corrected chi connectivity index (χ0v) is 7.10. The minimum atomic E-state index is -0.760. The van der Waals surface area contributed by atoms with E-state index in [9.17, 15) is 9.59 Å². The van der Waals surface area contributed by atoms with Gasteiger partial charge in [-0.25, -0.2) is 9.69 Å². The van der Waals surface area contributed by atoms with Crippen LogP contribution in [0, 0.1) is 0 Å². The van der Waals surface area contributed by atoms with E-state index in [1.165, 1.54) is 0 Å². The number of aliphatic hydroxyl groups excluding tert-OH is 1. The lowest BCUT2D eigenvalue weighted by atomic mass is 10.2. The largest absolute Gasteiger partial charge is 0.436 e. The van der Waals surface area contributed by atoms with E-state index in [0.29, 0.717) is 6.42 Å². The summed E-state index contributed by atoms with van der Waals surface area (Å²) in [6.45, 7) is 0.0194. The number of amides is 2.